The van der Waals surface area contributed by atoms with E-state index in [-0.39, 0.29) is 18.4 Å². The van der Waals surface area contributed by atoms with Crippen molar-refractivity contribution in [2.45, 2.75) is 5.92 Å². The number of rotatable bonds is 7. The van der Waals surface area contributed by atoms with E-state index in [4.69, 9.17) is 0 Å². The fraction of sp³-hybridized carbons (Fsp3) is 0.0606. The van der Waals surface area contributed by atoms with E-state index in [2.05, 4.69) is 35.6 Å². The highest BCUT2D eigenvalue weighted by Crippen LogP contribution is 2.24. The molecule has 7 aromatic rings. The molecule has 2 amide bonds. The Morgan fingerprint density at radius 2 is 1.50 bits per heavy atom. The highest BCUT2D eigenvalue weighted by molar-refractivity contribution is 5.99. The molecule has 1 unspecified atom stereocenters. The third kappa shape index (κ3) is 4.95. The van der Waals surface area contributed by atoms with Crippen LogP contribution in [0, 0.1) is 0 Å². The van der Waals surface area contributed by atoms with Crippen LogP contribution in [-0.2, 0) is 4.79 Å². The molecule has 3 aromatic heterocycles. The number of amides is 2. The summed E-state index contributed by atoms with van der Waals surface area (Å²) in [6, 6.07) is 32.2. The Morgan fingerprint density at radius 3 is 2.36 bits per heavy atom. The summed E-state index contributed by atoms with van der Waals surface area (Å²) in [5.41, 5.74) is 4.98. The lowest BCUT2D eigenvalue weighted by molar-refractivity contribution is -0.117. The van der Waals surface area contributed by atoms with Gasteiger partial charge in [-0.3, -0.25) is 19.9 Å². The van der Waals surface area contributed by atoms with E-state index in [0.29, 0.717) is 17.3 Å². The number of carbonyl (C=O) groups excluding carboxylic acids is 2. The first-order chi connectivity index (χ1) is 20.6. The van der Waals surface area contributed by atoms with Crippen LogP contribution < -0.4 is 10.6 Å². The van der Waals surface area contributed by atoms with Gasteiger partial charge in [0, 0.05) is 23.7 Å². The van der Waals surface area contributed by atoms with Gasteiger partial charge in [0.05, 0.1) is 28.0 Å². The Balaban J connectivity index is 1.09. The number of nitrogens with zero attached hydrogens (tertiary/aromatic N) is 3. The van der Waals surface area contributed by atoms with Crippen molar-refractivity contribution in [1.82, 2.24) is 30.2 Å². The molecule has 0 aliphatic heterocycles. The van der Waals surface area contributed by atoms with Crippen LogP contribution in [0.25, 0.3) is 44.4 Å². The van der Waals surface area contributed by atoms with Crippen molar-refractivity contribution in [2.24, 2.45) is 0 Å². The number of imidazole rings is 2. The highest BCUT2D eigenvalue weighted by Gasteiger charge is 2.23. The summed E-state index contributed by atoms with van der Waals surface area (Å²) < 4.78 is 0. The van der Waals surface area contributed by atoms with Crippen molar-refractivity contribution < 1.29 is 9.59 Å². The molecule has 0 aliphatic carbocycles. The van der Waals surface area contributed by atoms with Crippen molar-refractivity contribution >= 4 is 50.6 Å². The standard InChI is InChI=1S/C33H25N7O2/c41-31(22-14-15-27-28(17-22)37-30(36-27)29-16-21-10-4-5-11-23(21)18-34-29)35-19-24(20-8-2-1-3-9-20)32(42)40-33-38-25-12-6-7-13-26(25)39-33/h1-18,24H,19H2,(H,35,41)(H,36,37)(H2,38,39,40,42). The van der Waals surface area contributed by atoms with Crippen molar-refractivity contribution in [1.29, 1.82) is 0 Å². The smallest absolute Gasteiger partial charge is 0.251 e. The number of carbonyl (C=O) groups is 2. The maximum absolute atomic E-state index is 13.4. The Morgan fingerprint density at radius 1 is 0.738 bits per heavy atom. The molecule has 4 N–H and O–H groups in total. The molecular weight excluding hydrogens is 526 g/mol. The second kappa shape index (κ2) is 10.6. The molecule has 0 saturated heterocycles. The zero-order chi connectivity index (χ0) is 28.5. The molecule has 9 nitrogen and oxygen atoms in total. The van der Waals surface area contributed by atoms with Crippen molar-refractivity contribution in [2.75, 3.05) is 11.9 Å². The summed E-state index contributed by atoms with van der Waals surface area (Å²) in [7, 11) is 0. The van der Waals surface area contributed by atoms with Gasteiger partial charge < -0.3 is 15.3 Å². The van der Waals surface area contributed by atoms with Crippen molar-refractivity contribution in [3.05, 3.63) is 120 Å². The number of hydrogen-bond donors (Lipinski definition) is 4. The van der Waals surface area contributed by atoms with Crippen LogP contribution in [0.2, 0.25) is 0 Å². The van der Waals surface area contributed by atoms with Crippen LogP contribution in [0.5, 0.6) is 0 Å². The van der Waals surface area contributed by atoms with Gasteiger partial charge in [-0.05, 0) is 47.3 Å². The fourth-order valence-electron chi connectivity index (χ4n) is 5.05. The number of aromatic nitrogens is 5. The van der Waals surface area contributed by atoms with E-state index in [9.17, 15) is 9.59 Å². The average molecular weight is 552 g/mol. The number of hydrogen-bond acceptors (Lipinski definition) is 5. The first kappa shape index (κ1) is 25.2. The Bertz CT molecular complexity index is 2050. The SMILES string of the molecule is O=C(NCC(C(=O)Nc1nc2ccccc2[nH]1)c1ccccc1)c1ccc2nc(-c3cc4ccccc4cn3)[nH]c2c1. The van der Waals surface area contributed by atoms with Crippen LogP contribution in [0.15, 0.2) is 109 Å². The monoisotopic (exact) mass is 551 g/mol. The minimum Gasteiger partial charge on any atom is -0.351 e. The highest BCUT2D eigenvalue weighted by atomic mass is 16.2. The first-order valence-corrected chi connectivity index (χ1v) is 13.5. The molecule has 0 spiro atoms. The topological polar surface area (TPSA) is 128 Å². The molecule has 3 heterocycles. The third-order valence-electron chi connectivity index (χ3n) is 7.23. The normalized spacial score (nSPS) is 12.0. The number of anilines is 1. The molecule has 0 bridgehead atoms. The Hall–Kier alpha value is -5.83. The van der Waals surface area contributed by atoms with Gasteiger partial charge in [0.2, 0.25) is 11.9 Å². The van der Waals surface area contributed by atoms with Crippen LogP contribution in [-0.4, -0.2) is 43.3 Å². The predicted molar refractivity (Wildman–Crippen MR) is 163 cm³/mol. The van der Waals surface area contributed by atoms with E-state index < -0.39 is 5.92 Å². The number of para-hydroxylation sites is 2. The lowest BCUT2D eigenvalue weighted by Crippen LogP contribution is -2.34. The van der Waals surface area contributed by atoms with Gasteiger partial charge in [0.15, 0.2) is 5.82 Å². The predicted octanol–water partition coefficient (Wildman–Crippen LogP) is 5.81. The van der Waals surface area contributed by atoms with Gasteiger partial charge in [-0.1, -0.05) is 66.7 Å². The van der Waals surface area contributed by atoms with Crippen molar-refractivity contribution in [3.63, 3.8) is 0 Å². The molecule has 1 atom stereocenters. The van der Waals surface area contributed by atoms with E-state index in [1.165, 1.54) is 0 Å². The number of pyridine rings is 1. The Labute approximate surface area is 240 Å². The van der Waals surface area contributed by atoms with Crippen molar-refractivity contribution in [3.8, 4) is 11.5 Å². The van der Waals surface area contributed by atoms with E-state index in [0.717, 1.165) is 44.1 Å². The van der Waals surface area contributed by atoms with E-state index in [1.54, 1.807) is 18.2 Å². The first-order valence-electron chi connectivity index (χ1n) is 13.5. The van der Waals surface area contributed by atoms with Gasteiger partial charge in [-0.2, -0.15) is 0 Å². The quantitative estimate of drug-likeness (QED) is 0.199. The van der Waals surface area contributed by atoms with Crippen LogP contribution in [0.4, 0.5) is 5.95 Å². The molecule has 204 valence electrons. The maximum Gasteiger partial charge on any atom is 0.251 e. The maximum atomic E-state index is 13.4. The number of nitrogens with one attached hydrogen (secondary N) is 4. The summed E-state index contributed by atoms with van der Waals surface area (Å²) in [6.07, 6.45) is 1.82. The summed E-state index contributed by atoms with van der Waals surface area (Å²) in [6.45, 7) is 0.0994. The molecule has 9 heteroatoms. The lowest BCUT2D eigenvalue weighted by atomic mass is 9.98. The van der Waals surface area contributed by atoms with Gasteiger partial charge in [0.25, 0.3) is 5.91 Å². The lowest BCUT2D eigenvalue weighted by Gasteiger charge is -2.17. The van der Waals surface area contributed by atoms with E-state index in [1.807, 2.05) is 91.1 Å². The molecule has 42 heavy (non-hydrogen) atoms. The minimum atomic E-state index is -0.634. The molecule has 0 aliphatic rings. The Kier molecular flexibility index (Phi) is 6.36. The summed E-state index contributed by atoms with van der Waals surface area (Å²) in [4.78, 5) is 46.7. The second-order valence-electron chi connectivity index (χ2n) is 10.00. The zero-order valence-electron chi connectivity index (χ0n) is 22.3. The summed E-state index contributed by atoms with van der Waals surface area (Å²) >= 11 is 0. The molecular formula is C33H25N7O2. The van der Waals surface area contributed by atoms with Gasteiger partial charge in [-0.15, -0.1) is 0 Å². The average Bonchev–Trinajstić information content (AvgIpc) is 3.64. The summed E-state index contributed by atoms with van der Waals surface area (Å²) in [5.74, 6) is -0.231. The molecule has 0 saturated carbocycles. The van der Waals surface area contributed by atoms with Crippen LogP contribution in [0.3, 0.4) is 0 Å². The number of H-pyrrole nitrogens is 2. The molecule has 7 rings (SSSR count). The number of fused-ring (bicyclic) bond motifs is 3. The largest absolute Gasteiger partial charge is 0.351 e. The van der Waals surface area contributed by atoms with Gasteiger partial charge >= 0.3 is 0 Å². The van der Waals surface area contributed by atoms with Crippen LogP contribution >= 0.6 is 0 Å². The second-order valence-corrected chi connectivity index (χ2v) is 10.00. The minimum absolute atomic E-state index is 0.0994. The van der Waals surface area contributed by atoms with E-state index >= 15 is 0 Å². The zero-order valence-corrected chi connectivity index (χ0v) is 22.3. The molecule has 4 aromatic carbocycles. The molecule has 0 radical (unpaired) electrons. The summed E-state index contributed by atoms with van der Waals surface area (Å²) in [5, 5.41) is 7.93. The van der Waals surface area contributed by atoms with Crippen LogP contribution in [0.1, 0.15) is 21.8 Å². The third-order valence-corrected chi connectivity index (χ3v) is 7.23. The van der Waals surface area contributed by atoms with Gasteiger partial charge in [-0.25, -0.2) is 9.97 Å². The molecule has 0 fully saturated rings. The number of aromatic amines is 2. The fourth-order valence-corrected chi connectivity index (χ4v) is 5.05. The number of benzene rings is 4. The van der Waals surface area contributed by atoms with Gasteiger partial charge in [0.1, 0.15) is 5.69 Å².